The molecule has 0 aromatic rings. The van der Waals surface area contributed by atoms with Crippen LogP contribution in [0.2, 0.25) is 0 Å². The molecule has 0 radical (unpaired) electrons. The fraction of sp³-hybridized carbons (Fsp3) is 0.643. The number of allylic oxidation sites excluding steroid dienone is 2. The number of rotatable bonds is 22. The SMILES string of the molecule is C=CCCCCCCCCC(=O)NCC(Br)=CBr.C=CCCCCCCCCC(=O)NCC(Br)=CBr. The number of unbranched alkanes of at least 4 members (excludes halogenated alkanes) is 12. The summed E-state index contributed by atoms with van der Waals surface area (Å²) in [4.78, 5) is 26.4. The van der Waals surface area contributed by atoms with E-state index in [0.717, 1.165) is 47.5 Å². The summed E-state index contributed by atoms with van der Waals surface area (Å²) in [5.41, 5.74) is 0. The molecule has 0 fully saturated rings. The van der Waals surface area contributed by atoms with E-state index in [1.54, 1.807) is 9.97 Å². The zero-order chi connectivity index (χ0) is 27.3. The topological polar surface area (TPSA) is 58.2 Å². The van der Waals surface area contributed by atoms with Crippen molar-refractivity contribution in [2.45, 2.75) is 103 Å². The number of carbonyl (C=O) groups excluding carboxylic acids is 2. The van der Waals surface area contributed by atoms with E-state index in [0.29, 0.717) is 25.9 Å². The van der Waals surface area contributed by atoms with Gasteiger partial charge < -0.3 is 10.6 Å². The van der Waals surface area contributed by atoms with E-state index in [4.69, 9.17) is 0 Å². The molecule has 0 spiro atoms. The van der Waals surface area contributed by atoms with Crippen molar-refractivity contribution >= 4 is 75.5 Å². The van der Waals surface area contributed by atoms with Gasteiger partial charge >= 0.3 is 0 Å². The summed E-state index contributed by atoms with van der Waals surface area (Å²) < 4.78 is 1.89. The number of amides is 2. The molecule has 0 heterocycles. The van der Waals surface area contributed by atoms with Crippen molar-refractivity contribution < 1.29 is 9.59 Å². The first-order valence-corrected chi connectivity index (χ1v) is 16.5. The lowest BCUT2D eigenvalue weighted by Crippen LogP contribution is -2.24. The van der Waals surface area contributed by atoms with E-state index in [1.165, 1.54) is 51.4 Å². The Balaban J connectivity index is 0. The van der Waals surface area contributed by atoms with Gasteiger partial charge in [0.15, 0.2) is 0 Å². The first kappa shape index (κ1) is 38.0. The molecular weight excluding hydrogens is 716 g/mol. The summed E-state index contributed by atoms with van der Waals surface area (Å²) in [6.45, 7) is 8.54. The molecule has 0 saturated heterocycles. The Labute approximate surface area is 254 Å². The van der Waals surface area contributed by atoms with Crippen molar-refractivity contribution in [1.29, 1.82) is 0 Å². The quantitative estimate of drug-likeness (QED) is 0.0853. The molecule has 0 aliphatic carbocycles. The fourth-order valence-corrected chi connectivity index (χ4v) is 3.79. The minimum atomic E-state index is 0.132. The molecule has 0 unspecified atom stereocenters. The number of hydrogen-bond acceptors (Lipinski definition) is 2. The third-order valence-electron chi connectivity index (χ3n) is 5.27. The molecule has 0 saturated carbocycles. The predicted octanol–water partition coefficient (Wildman–Crippen LogP) is 10.1. The Morgan fingerprint density at radius 1 is 0.556 bits per heavy atom. The van der Waals surface area contributed by atoms with Crippen LogP contribution in [0.1, 0.15) is 103 Å². The minimum absolute atomic E-state index is 0.132. The molecule has 2 amide bonds. The molecule has 2 N–H and O–H groups in total. The summed E-state index contributed by atoms with van der Waals surface area (Å²) in [7, 11) is 0. The molecule has 0 atom stereocenters. The highest BCUT2D eigenvalue weighted by Crippen LogP contribution is 2.11. The number of halogens is 4. The average Bonchev–Trinajstić information content (AvgIpc) is 2.89. The number of hydrogen-bond donors (Lipinski definition) is 2. The Hall–Kier alpha value is -0.180. The van der Waals surface area contributed by atoms with Gasteiger partial charge in [-0.25, -0.2) is 0 Å². The smallest absolute Gasteiger partial charge is 0.220 e. The molecule has 0 rings (SSSR count). The lowest BCUT2D eigenvalue weighted by atomic mass is 10.1. The van der Waals surface area contributed by atoms with E-state index in [-0.39, 0.29) is 11.8 Å². The van der Waals surface area contributed by atoms with Crippen molar-refractivity contribution in [2.24, 2.45) is 0 Å². The fourth-order valence-electron chi connectivity index (χ4n) is 3.18. The van der Waals surface area contributed by atoms with E-state index < -0.39 is 0 Å². The molecule has 0 aromatic heterocycles. The van der Waals surface area contributed by atoms with Crippen LogP contribution in [0.5, 0.6) is 0 Å². The van der Waals surface area contributed by atoms with Crippen molar-refractivity contribution in [3.8, 4) is 0 Å². The van der Waals surface area contributed by atoms with Crippen LogP contribution in [-0.2, 0) is 9.59 Å². The van der Waals surface area contributed by atoms with Crippen molar-refractivity contribution in [2.75, 3.05) is 13.1 Å². The second kappa shape index (κ2) is 31.0. The Bertz CT molecular complexity index is 583. The Morgan fingerprint density at radius 2 is 0.861 bits per heavy atom. The highest BCUT2D eigenvalue weighted by Gasteiger charge is 2.02. The third kappa shape index (κ3) is 31.8. The first-order valence-electron chi connectivity index (χ1n) is 13.1. The van der Waals surface area contributed by atoms with E-state index >= 15 is 0 Å². The lowest BCUT2D eigenvalue weighted by molar-refractivity contribution is -0.121. The van der Waals surface area contributed by atoms with Gasteiger partial charge in [-0.1, -0.05) is 127 Å². The van der Waals surface area contributed by atoms with Crippen LogP contribution < -0.4 is 10.6 Å². The molecule has 36 heavy (non-hydrogen) atoms. The van der Waals surface area contributed by atoms with E-state index in [1.807, 2.05) is 12.2 Å². The van der Waals surface area contributed by atoms with Crippen LogP contribution in [-0.4, -0.2) is 24.9 Å². The summed E-state index contributed by atoms with van der Waals surface area (Å²) in [5, 5.41) is 5.71. The van der Waals surface area contributed by atoms with Crippen LogP contribution in [0.25, 0.3) is 0 Å². The van der Waals surface area contributed by atoms with Gasteiger partial charge in [0, 0.05) is 34.9 Å². The summed E-state index contributed by atoms with van der Waals surface area (Å²) in [5.74, 6) is 0.265. The predicted molar refractivity (Wildman–Crippen MR) is 172 cm³/mol. The van der Waals surface area contributed by atoms with E-state index in [9.17, 15) is 9.59 Å². The number of carbonyl (C=O) groups is 2. The molecule has 4 nitrogen and oxygen atoms in total. The number of nitrogens with one attached hydrogen (secondary N) is 2. The zero-order valence-electron chi connectivity index (χ0n) is 21.8. The van der Waals surface area contributed by atoms with Crippen LogP contribution >= 0.6 is 63.7 Å². The molecule has 0 aliphatic heterocycles. The highest BCUT2D eigenvalue weighted by atomic mass is 79.9. The monoisotopic (exact) mass is 758 g/mol. The minimum Gasteiger partial charge on any atom is -0.351 e. The second-order valence-corrected chi connectivity index (χ2v) is 11.5. The lowest BCUT2D eigenvalue weighted by Gasteiger charge is -2.04. The molecule has 0 bridgehead atoms. The van der Waals surface area contributed by atoms with Gasteiger partial charge in [0.2, 0.25) is 11.8 Å². The standard InChI is InChI=1S/2C14H23Br2NO/c2*1-2-3-4-5-6-7-8-9-10-14(18)17-12-13(16)11-15/h2*2,11H,1,3-10,12H2,(H,17,18). The van der Waals surface area contributed by atoms with Gasteiger partial charge in [-0.2, -0.15) is 0 Å². The maximum absolute atomic E-state index is 11.5. The normalized spacial score (nSPS) is 11.3. The van der Waals surface area contributed by atoms with Crippen molar-refractivity contribution in [3.05, 3.63) is 44.2 Å². The van der Waals surface area contributed by atoms with Gasteiger partial charge in [0.25, 0.3) is 0 Å². The second-order valence-electron chi connectivity index (χ2n) is 8.56. The van der Waals surface area contributed by atoms with E-state index in [2.05, 4.69) is 87.5 Å². The summed E-state index contributed by atoms with van der Waals surface area (Å²) >= 11 is 13.0. The summed E-state index contributed by atoms with van der Waals surface area (Å²) in [6.07, 6.45) is 21.8. The van der Waals surface area contributed by atoms with Gasteiger partial charge in [-0.05, 0) is 48.5 Å². The van der Waals surface area contributed by atoms with Gasteiger partial charge in [-0.15, -0.1) is 13.2 Å². The van der Waals surface area contributed by atoms with Crippen LogP contribution in [0.4, 0.5) is 0 Å². The molecule has 0 aliphatic rings. The van der Waals surface area contributed by atoms with Crippen LogP contribution in [0.3, 0.4) is 0 Å². The molecule has 0 aromatic carbocycles. The first-order chi connectivity index (χ1) is 17.4. The molecule has 8 heteroatoms. The van der Waals surface area contributed by atoms with Crippen LogP contribution in [0.15, 0.2) is 44.2 Å². The largest absolute Gasteiger partial charge is 0.351 e. The van der Waals surface area contributed by atoms with Crippen molar-refractivity contribution in [3.63, 3.8) is 0 Å². The Morgan fingerprint density at radius 3 is 1.17 bits per heavy atom. The zero-order valence-corrected chi connectivity index (χ0v) is 28.1. The van der Waals surface area contributed by atoms with Gasteiger partial charge in [0.05, 0.1) is 0 Å². The third-order valence-corrected chi connectivity index (χ3v) is 8.62. The van der Waals surface area contributed by atoms with Gasteiger partial charge in [0.1, 0.15) is 0 Å². The van der Waals surface area contributed by atoms with Gasteiger partial charge in [-0.3, -0.25) is 9.59 Å². The van der Waals surface area contributed by atoms with Crippen molar-refractivity contribution in [1.82, 2.24) is 10.6 Å². The Kier molecular flexibility index (Phi) is 32.7. The molecule has 208 valence electrons. The highest BCUT2D eigenvalue weighted by molar-refractivity contribution is 9.14. The molecular formula is C28H46Br4N2O2. The average molecular weight is 762 g/mol. The maximum atomic E-state index is 11.5. The summed E-state index contributed by atoms with van der Waals surface area (Å²) in [6, 6.07) is 0. The maximum Gasteiger partial charge on any atom is 0.220 e. The van der Waals surface area contributed by atoms with Crippen LogP contribution in [0, 0.1) is 0 Å².